The van der Waals surface area contributed by atoms with E-state index in [1.165, 1.54) is 0 Å². The Morgan fingerprint density at radius 1 is 1.23 bits per heavy atom. The number of aromatic amines is 1. The summed E-state index contributed by atoms with van der Waals surface area (Å²) in [5.74, 6) is 1.57. The Balaban J connectivity index is 1.28. The van der Waals surface area contributed by atoms with Crippen LogP contribution in [0.4, 0.5) is 16.2 Å². The summed E-state index contributed by atoms with van der Waals surface area (Å²) in [5, 5.41) is 12.1. The van der Waals surface area contributed by atoms with Crippen molar-refractivity contribution in [1.29, 1.82) is 5.26 Å². The van der Waals surface area contributed by atoms with Gasteiger partial charge in [-0.05, 0) is 24.1 Å². The van der Waals surface area contributed by atoms with E-state index in [0.717, 1.165) is 37.4 Å². The second-order valence-corrected chi connectivity index (χ2v) is 8.60. The fraction of sp³-hybridized carbons (Fsp3) is 0.375. The molecular weight excluding hydrogens is 451 g/mol. The molecule has 6 rings (SSSR count). The van der Waals surface area contributed by atoms with Gasteiger partial charge in [-0.15, -0.1) is 0 Å². The Morgan fingerprint density at radius 3 is 2.69 bits per heavy atom. The van der Waals surface area contributed by atoms with E-state index in [2.05, 4.69) is 41.1 Å². The number of hydrogen-bond acceptors (Lipinski definition) is 9. The molecule has 0 saturated carbocycles. The van der Waals surface area contributed by atoms with E-state index < -0.39 is 12.2 Å². The molecule has 0 aliphatic carbocycles. The van der Waals surface area contributed by atoms with E-state index in [1.807, 2.05) is 30.5 Å². The molecule has 3 aromatic heterocycles. The molecule has 0 radical (unpaired) electrons. The molecule has 3 aliphatic heterocycles. The van der Waals surface area contributed by atoms with Gasteiger partial charge in [0.15, 0.2) is 0 Å². The molecule has 3 aliphatic rings. The number of H-pyrrole nitrogens is 1. The lowest BCUT2D eigenvalue weighted by atomic mass is 9.87. The molecule has 0 amide bonds. The van der Waals surface area contributed by atoms with Crippen LogP contribution < -0.4 is 20.5 Å². The van der Waals surface area contributed by atoms with E-state index >= 15 is 0 Å². The molecule has 2 atom stereocenters. The molecule has 35 heavy (non-hydrogen) atoms. The van der Waals surface area contributed by atoms with Crippen LogP contribution in [0.15, 0.2) is 41.5 Å². The number of ether oxygens (including phenoxy) is 1. The van der Waals surface area contributed by atoms with Crippen molar-refractivity contribution in [2.45, 2.75) is 25.0 Å². The molecule has 3 aromatic rings. The zero-order chi connectivity index (χ0) is 24.4. The van der Waals surface area contributed by atoms with Crippen molar-refractivity contribution in [3.63, 3.8) is 0 Å². The zero-order valence-corrected chi connectivity index (χ0v) is 19.2. The minimum atomic E-state index is -0.610. The number of methoxy groups -OCH3 is 1. The van der Waals surface area contributed by atoms with Gasteiger partial charge in [0, 0.05) is 62.3 Å². The molecule has 10 nitrogen and oxygen atoms in total. The van der Waals surface area contributed by atoms with Crippen molar-refractivity contribution in [3.8, 4) is 23.2 Å². The Morgan fingerprint density at radius 2 is 2.06 bits per heavy atom. The van der Waals surface area contributed by atoms with Gasteiger partial charge in [0.25, 0.3) is 5.56 Å². The largest absolute Gasteiger partial charge is 0.481 e. The fourth-order valence-corrected chi connectivity index (χ4v) is 4.72. The number of aromatic nitrogens is 4. The summed E-state index contributed by atoms with van der Waals surface area (Å²) in [6, 6.07) is 10.4. The van der Waals surface area contributed by atoms with E-state index in [-0.39, 0.29) is 23.8 Å². The molecular formula is C24H25FN8O2. The highest BCUT2D eigenvalue weighted by Gasteiger charge is 2.44. The molecule has 180 valence electrons. The first-order valence-electron chi connectivity index (χ1n) is 11.4. The Hall–Kier alpha value is -4.04. The highest BCUT2D eigenvalue weighted by Crippen LogP contribution is 2.35. The van der Waals surface area contributed by atoms with Gasteiger partial charge in [-0.25, -0.2) is 19.3 Å². The van der Waals surface area contributed by atoms with Crippen LogP contribution >= 0.6 is 0 Å². The first kappa shape index (κ1) is 22.7. The molecule has 11 heteroatoms. The van der Waals surface area contributed by atoms with Crippen molar-refractivity contribution < 1.29 is 9.13 Å². The van der Waals surface area contributed by atoms with Crippen LogP contribution in [0, 0.1) is 11.3 Å². The quantitative estimate of drug-likeness (QED) is 0.502. The predicted molar refractivity (Wildman–Crippen MR) is 128 cm³/mol. The third-order valence-electron chi connectivity index (χ3n) is 6.48. The lowest BCUT2D eigenvalue weighted by Crippen LogP contribution is -2.68. The SMILES string of the molecule is COc1ccc(CN2C3CC2CN(c2ccc(-c4nc(NCCF)[nH]c(=O)c4C#N)cn2)C3)cn1. The van der Waals surface area contributed by atoms with Crippen LogP contribution in [0.2, 0.25) is 0 Å². The van der Waals surface area contributed by atoms with Gasteiger partial charge in [0.1, 0.15) is 24.1 Å². The van der Waals surface area contributed by atoms with E-state index in [9.17, 15) is 14.4 Å². The summed E-state index contributed by atoms with van der Waals surface area (Å²) >= 11 is 0. The van der Waals surface area contributed by atoms with Gasteiger partial charge < -0.3 is 15.0 Å². The number of pyridine rings is 2. The van der Waals surface area contributed by atoms with E-state index in [1.54, 1.807) is 13.3 Å². The minimum absolute atomic E-state index is 0.00869. The summed E-state index contributed by atoms with van der Waals surface area (Å²) in [5.41, 5.74) is 1.25. The number of nitrogens with zero attached hydrogens (tertiary/aromatic N) is 6. The lowest BCUT2D eigenvalue weighted by molar-refractivity contribution is -0.00876. The molecule has 0 aromatic carbocycles. The second kappa shape index (κ2) is 9.68. The van der Waals surface area contributed by atoms with Gasteiger partial charge in [0.05, 0.1) is 12.8 Å². The number of nitrogens with one attached hydrogen (secondary N) is 2. The number of nitriles is 1. The smallest absolute Gasteiger partial charge is 0.270 e. The average Bonchev–Trinajstić information content (AvgIpc) is 2.90. The van der Waals surface area contributed by atoms with Crippen molar-refractivity contribution in [1.82, 2.24) is 24.8 Å². The molecule has 2 unspecified atom stereocenters. The average molecular weight is 477 g/mol. The number of hydrogen-bond donors (Lipinski definition) is 2. The van der Waals surface area contributed by atoms with Crippen LogP contribution in [0.3, 0.4) is 0 Å². The Bertz CT molecular complexity index is 1280. The van der Waals surface area contributed by atoms with Gasteiger partial charge in [-0.3, -0.25) is 14.7 Å². The van der Waals surface area contributed by atoms with Gasteiger partial charge in [0.2, 0.25) is 11.8 Å². The Kier molecular flexibility index (Phi) is 6.29. The molecule has 6 heterocycles. The van der Waals surface area contributed by atoms with Crippen LogP contribution in [0.25, 0.3) is 11.3 Å². The minimum Gasteiger partial charge on any atom is -0.481 e. The third kappa shape index (κ3) is 4.52. The lowest BCUT2D eigenvalue weighted by Gasteiger charge is -2.56. The van der Waals surface area contributed by atoms with Crippen LogP contribution in [-0.4, -0.2) is 70.3 Å². The second-order valence-electron chi connectivity index (χ2n) is 8.60. The number of fused-ring (bicyclic) bond motifs is 2. The number of halogens is 1. The van der Waals surface area contributed by atoms with Crippen LogP contribution in [0.5, 0.6) is 5.88 Å². The number of anilines is 2. The summed E-state index contributed by atoms with van der Waals surface area (Å²) in [4.78, 5) is 32.7. The van der Waals surface area contributed by atoms with Crippen LogP contribution in [0.1, 0.15) is 17.5 Å². The van der Waals surface area contributed by atoms with Crippen LogP contribution in [-0.2, 0) is 6.54 Å². The summed E-state index contributed by atoms with van der Waals surface area (Å²) in [6.45, 7) is 2.00. The number of rotatable bonds is 8. The monoisotopic (exact) mass is 476 g/mol. The normalized spacial score (nSPS) is 19.1. The Labute approximate surface area is 201 Å². The van der Waals surface area contributed by atoms with Crippen molar-refractivity contribution in [2.24, 2.45) is 0 Å². The number of piperazine rings is 1. The first-order chi connectivity index (χ1) is 17.1. The zero-order valence-electron chi connectivity index (χ0n) is 19.2. The molecule has 0 spiro atoms. The highest BCUT2D eigenvalue weighted by atomic mass is 19.1. The predicted octanol–water partition coefficient (Wildman–Crippen LogP) is 1.95. The van der Waals surface area contributed by atoms with Gasteiger partial charge in [-0.1, -0.05) is 6.07 Å². The first-order valence-corrected chi connectivity index (χ1v) is 11.4. The number of alkyl halides is 1. The molecule has 2 bridgehead atoms. The maximum atomic E-state index is 12.5. The molecule has 2 N–H and O–H groups in total. The molecule has 3 saturated heterocycles. The summed E-state index contributed by atoms with van der Waals surface area (Å²) < 4.78 is 17.6. The summed E-state index contributed by atoms with van der Waals surface area (Å²) in [6.07, 6.45) is 4.65. The summed E-state index contributed by atoms with van der Waals surface area (Å²) in [7, 11) is 1.61. The van der Waals surface area contributed by atoms with Crippen molar-refractivity contribution >= 4 is 11.8 Å². The van der Waals surface area contributed by atoms with Gasteiger partial charge in [-0.2, -0.15) is 5.26 Å². The van der Waals surface area contributed by atoms with E-state index in [4.69, 9.17) is 4.74 Å². The number of piperidine rings is 1. The maximum absolute atomic E-state index is 12.5. The third-order valence-corrected chi connectivity index (χ3v) is 6.48. The standard InChI is InChI=1S/C24H25FN8O2/c1-35-21-5-2-15(10-29-21)12-33-17-8-18(33)14-32(13-17)20-4-3-16(11-28-20)22-19(9-26)23(34)31-24(30-22)27-7-6-25/h2-5,10-11,17-18H,6-8,12-14H2,1H3,(H2,27,30,31,34). The van der Waals surface area contributed by atoms with Crippen molar-refractivity contribution in [2.75, 3.05) is 43.6 Å². The topological polar surface area (TPSA) is 123 Å². The fourth-order valence-electron chi connectivity index (χ4n) is 4.72. The van der Waals surface area contributed by atoms with E-state index in [0.29, 0.717) is 23.5 Å². The highest BCUT2D eigenvalue weighted by molar-refractivity contribution is 5.67. The van der Waals surface area contributed by atoms with Gasteiger partial charge >= 0.3 is 0 Å². The van der Waals surface area contributed by atoms with Crippen molar-refractivity contribution in [3.05, 3.63) is 58.1 Å². The molecule has 3 fully saturated rings. The maximum Gasteiger partial charge on any atom is 0.270 e.